The molecule has 0 spiro atoms. The molecule has 4 aromatic heterocycles. The molecule has 0 atom stereocenters. The van der Waals surface area contributed by atoms with E-state index in [0.29, 0.717) is 0 Å². The molecular formula is C46H64N2S2. The van der Waals surface area contributed by atoms with E-state index in [1.54, 1.807) is 19.5 Å². The number of hydrogen-bond acceptors (Lipinski definition) is 4. The molecule has 0 unspecified atom stereocenters. The van der Waals surface area contributed by atoms with Crippen molar-refractivity contribution in [1.82, 2.24) is 9.97 Å². The van der Waals surface area contributed by atoms with Gasteiger partial charge >= 0.3 is 0 Å². The summed E-state index contributed by atoms with van der Waals surface area (Å²) in [5.74, 6) is 0. The molecule has 270 valence electrons. The van der Waals surface area contributed by atoms with E-state index >= 15 is 0 Å². The summed E-state index contributed by atoms with van der Waals surface area (Å²) in [6.07, 6.45) is 38.9. The SMILES string of the molecule is CCCCCCc1cc(C=Cc2ccnc(-c3cc(/C=C/c4cc(CCCCCC)sc4CCCCCC)ccn3)c2)c(CCCCCC)s1. The number of aromatic nitrogens is 2. The second-order valence-electron chi connectivity index (χ2n) is 14.0. The largest absolute Gasteiger partial charge is 0.255 e. The van der Waals surface area contributed by atoms with Crippen molar-refractivity contribution in [1.29, 1.82) is 0 Å². The molecule has 4 heterocycles. The van der Waals surface area contributed by atoms with Crippen molar-refractivity contribution in [2.45, 2.75) is 156 Å². The summed E-state index contributed by atoms with van der Waals surface area (Å²) in [7, 11) is 0. The monoisotopic (exact) mass is 708 g/mol. The lowest BCUT2D eigenvalue weighted by atomic mass is 10.1. The Morgan fingerprint density at radius 1 is 0.440 bits per heavy atom. The Hall–Kier alpha value is -2.82. The second-order valence-corrected chi connectivity index (χ2v) is 16.5. The number of nitrogens with zero attached hydrogens (tertiary/aromatic N) is 2. The third-order valence-corrected chi connectivity index (χ3v) is 12.1. The molecule has 0 saturated carbocycles. The van der Waals surface area contributed by atoms with Crippen LogP contribution >= 0.6 is 22.7 Å². The van der Waals surface area contributed by atoms with Gasteiger partial charge in [0, 0.05) is 31.9 Å². The van der Waals surface area contributed by atoms with Crippen LogP contribution in [0.2, 0.25) is 0 Å². The van der Waals surface area contributed by atoms with Crippen molar-refractivity contribution < 1.29 is 0 Å². The van der Waals surface area contributed by atoms with Crippen LogP contribution in [0.15, 0.2) is 48.8 Å². The van der Waals surface area contributed by atoms with Crippen molar-refractivity contribution in [2.75, 3.05) is 0 Å². The minimum atomic E-state index is 0.922. The molecule has 0 bridgehead atoms. The van der Waals surface area contributed by atoms with Crippen LogP contribution in [-0.4, -0.2) is 9.97 Å². The average Bonchev–Trinajstić information content (AvgIpc) is 3.73. The van der Waals surface area contributed by atoms with Crippen LogP contribution in [0.5, 0.6) is 0 Å². The topological polar surface area (TPSA) is 25.8 Å². The van der Waals surface area contributed by atoms with Crippen LogP contribution in [-0.2, 0) is 25.7 Å². The highest BCUT2D eigenvalue weighted by molar-refractivity contribution is 7.12. The zero-order chi connectivity index (χ0) is 35.2. The first-order valence-electron chi connectivity index (χ1n) is 20.1. The van der Waals surface area contributed by atoms with E-state index in [9.17, 15) is 0 Å². The molecule has 0 aliphatic rings. The average molecular weight is 709 g/mol. The van der Waals surface area contributed by atoms with Gasteiger partial charge in [0.25, 0.3) is 0 Å². The molecule has 0 saturated heterocycles. The Labute approximate surface area is 313 Å². The third kappa shape index (κ3) is 14.1. The van der Waals surface area contributed by atoms with Crippen molar-refractivity contribution in [2.24, 2.45) is 0 Å². The van der Waals surface area contributed by atoms with E-state index in [1.165, 1.54) is 151 Å². The van der Waals surface area contributed by atoms with Gasteiger partial charge in [-0.25, -0.2) is 0 Å². The summed E-state index contributed by atoms with van der Waals surface area (Å²) in [5, 5.41) is 0. The predicted molar refractivity (Wildman–Crippen MR) is 225 cm³/mol. The third-order valence-electron chi connectivity index (χ3n) is 9.59. The summed E-state index contributed by atoms with van der Waals surface area (Å²) in [5.41, 5.74) is 6.99. The molecule has 0 amide bonds. The van der Waals surface area contributed by atoms with Crippen molar-refractivity contribution in [3.63, 3.8) is 0 Å². The van der Waals surface area contributed by atoms with Gasteiger partial charge in [0.15, 0.2) is 0 Å². The van der Waals surface area contributed by atoms with Gasteiger partial charge < -0.3 is 0 Å². The summed E-state index contributed by atoms with van der Waals surface area (Å²) < 4.78 is 0. The first-order valence-corrected chi connectivity index (χ1v) is 21.8. The lowest BCUT2D eigenvalue weighted by molar-refractivity contribution is 0.669. The summed E-state index contributed by atoms with van der Waals surface area (Å²) >= 11 is 4.10. The zero-order valence-electron chi connectivity index (χ0n) is 31.8. The van der Waals surface area contributed by atoms with Gasteiger partial charge in [-0.2, -0.15) is 0 Å². The Balaban J connectivity index is 1.47. The Kier molecular flexibility index (Phi) is 18.9. The molecule has 0 aliphatic heterocycles. The molecule has 50 heavy (non-hydrogen) atoms. The van der Waals surface area contributed by atoms with Gasteiger partial charge in [0.05, 0.1) is 11.4 Å². The fourth-order valence-corrected chi connectivity index (χ4v) is 9.03. The molecule has 0 fully saturated rings. The fraction of sp³-hybridized carbons (Fsp3) is 0.522. The standard InChI is InChI=1S/C46H64N2S2/c1-5-9-13-17-21-41-35-39(45(49-41)23-19-15-11-7-3)27-25-37-29-31-47-43(33-37)44-34-38(30-32-48-44)26-28-40-36-42(22-18-14-10-6-2)50-46(40)24-20-16-12-8-4/h25-36H,5-24H2,1-4H3/b27-25+,28-26?. The van der Waals surface area contributed by atoms with Crippen LogP contribution in [0.1, 0.15) is 172 Å². The molecule has 4 aromatic rings. The van der Waals surface area contributed by atoms with Crippen molar-refractivity contribution >= 4 is 47.0 Å². The van der Waals surface area contributed by atoms with Gasteiger partial charge in [-0.1, -0.05) is 129 Å². The fourth-order valence-electron chi connectivity index (χ4n) is 6.55. The Morgan fingerprint density at radius 3 is 1.20 bits per heavy atom. The molecule has 0 N–H and O–H groups in total. The lowest BCUT2D eigenvalue weighted by Gasteiger charge is -2.04. The van der Waals surface area contributed by atoms with Crippen molar-refractivity contribution in [3.05, 3.63) is 90.6 Å². The van der Waals surface area contributed by atoms with Crippen molar-refractivity contribution in [3.8, 4) is 11.4 Å². The first kappa shape index (κ1) is 40.0. The molecule has 0 radical (unpaired) electrons. The number of aryl methyl sites for hydroxylation is 4. The maximum atomic E-state index is 4.74. The maximum absolute atomic E-state index is 4.74. The maximum Gasteiger partial charge on any atom is 0.0892 e. The van der Waals surface area contributed by atoms with Crippen LogP contribution < -0.4 is 0 Å². The number of pyridine rings is 2. The first-order chi connectivity index (χ1) is 24.6. The van der Waals surface area contributed by atoms with E-state index in [2.05, 4.69) is 88.4 Å². The quantitative estimate of drug-likeness (QED) is 0.0641. The van der Waals surface area contributed by atoms with Gasteiger partial charge in [-0.15, -0.1) is 22.7 Å². The highest BCUT2D eigenvalue weighted by Crippen LogP contribution is 2.30. The number of rotatable bonds is 25. The van der Waals surface area contributed by atoms with E-state index in [1.807, 2.05) is 35.1 Å². The van der Waals surface area contributed by atoms with E-state index in [-0.39, 0.29) is 0 Å². The highest BCUT2D eigenvalue weighted by Gasteiger charge is 2.10. The minimum Gasteiger partial charge on any atom is -0.255 e. The van der Waals surface area contributed by atoms with E-state index < -0.39 is 0 Å². The summed E-state index contributed by atoms with van der Waals surface area (Å²) in [4.78, 5) is 15.7. The van der Waals surface area contributed by atoms with Gasteiger partial charge in [-0.3, -0.25) is 9.97 Å². The molecule has 2 nitrogen and oxygen atoms in total. The van der Waals surface area contributed by atoms with Crippen LogP contribution in [0.25, 0.3) is 35.7 Å². The van der Waals surface area contributed by atoms with E-state index in [0.717, 1.165) is 11.4 Å². The number of hydrogen-bond donors (Lipinski definition) is 0. The van der Waals surface area contributed by atoms with Gasteiger partial charge in [-0.05, 0) is 110 Å². The highest BCUT2D eigenvalue weighted by atomic mass is 32.1. The number of unbranched alkanes of at least 4 members (excludes halogenated alkanes) is 12. The van der Waals surface area contributed by atoms with Crippen LogP contribution in [0.3, 0.4) is 0 Å². The molecular weight excluding hydrogens is 645 g/mol. The lowest BCUT2D eigenvalue weighted by Crippen LogP contribution is -1.89. The molecule has 0 aromatic carbocycles. The van der Waals surface area contributed by atoms with E-state index in [4.69, 9.17) is 9.97 Å². The van der Waals surface area contributed by atoms with Gasteiger partial charge in [0.2, 0.25) is 0 Å². The molecule has 4 rings (SSSR count). The number of thiophene rings is 2. The minimum absolute atomic E-state index is 0.922. The summed E-state index contributed by atoms with van der Waals surface area (Å²) in [6, 6.07) is 13.5. The molecule has 0 aliphatic carbocycles. The smallest absolute Gasteiger partial charge is 0.0892 e. The van der Waals surface area contributed by atoms with Crippen LogP contribution in [0.4, 0.5) is 0 Å². The Morgan fingerprint density at radius 2 is 0.820 bits per heavy atom. The van der Waals surface area contributed by atoms with Gasteiger partial charge in [0.1, 0.15) is 0 Å². The normalized spacial score (nSPS) is 11.8. The second kappa shape index (κ2) is 23.6. The predicted octanol–water partition coefficient (Wildman–Crippen LogP) is 15.1. The Bertz CT molecular complexity index is 1450. The summed E-state index contributed by atoms with van der Waals surface area (Å²) in [6.45, 7) is 9.17. The molecule has 4 heteroatoms. The van der Waals surface area contributed by atoms with Crippen LogP contribution in [0, 0.1) is 0 Å². The zero-order valence-corrected chi connectivity index (χ0v) is 33.4.